The van der Waals surface area contributed by atoms with Gasteiger partial charge in [-0.2, -0.15) is 31.6 Å². The fourth-order valence-corrected chi connectivity index (χ4v) is 5.29. The third-order valence-electron chi connectivity index (χ3n) is 7.80. The van der Waals surface area contributed by atoms with Gasteiger partial charge < -0.3 is 24.2 Å². The molecule has 4 aromatic rings. The maximum atomic E-state index is 14.4. The number of benzene rings is 3. The summed E-state index contributed by atoms with van der Waals surface area (Å²) in [6.45, 7) is 3.22. The third-order valence-corrected chi connectivity index (χ3v) is 7.80. The van der Waals surface area contributed by atoms with Gasteiger partial charge in [-0.15, -0.1) is 0 Å². The van der Waals surface area contributed by atoms with E-state index in [4.69, 9.17) is 19.3 Å². The first-order valence-electron chi connectivity index (χ1n) is 15.5. The average Bonchev–Trinajstić information content (AvgIpc) is 3.08. The lowest BCUT2D eigenvalue weighted by Crippen LogP contribution is -2.25. The molecule has 0 saturated carbocycles. The quantitative estimate of drug-likeness (QED) is 0.101. The molecular weight excluding hydrogens is 682 g/mol. The second kappa shape index (κ2) is 16.0. The largest absolute Gasteiger partial charge is 0.496 e. The SMILES string of the molecule is COc1ccc(C(C)C)cc1-c1cc(OC)c(C(F)(F)F)cc1CN(Cc1cc(C#N)cc(C(F)(F)F)c1)c1ncc(OCCCC(=O)O)cn1. The van der Waals surface area contributed by atoms with Gasteiger partial charge in [0.2, 0.25) is 5.95 Å². The maximum Gasteiger partial charge on any atom is 0.419 e. The van der Waals surface area contributed by atoms with Crippen LogP contribution in [0.2, 0.25) is 0 Å². The topological polar surface area (TPSA) is 118 Å². The minimum atomic E-state index is -4.84. The van der Waals surface area contributed by atoms with Crippen molar-refractivity contribution in [3.63, 3.8) is 0 Å². The Morgan fingerprint density at radius 1 is 0.902 bits per heavy atom. The number of nitriles is 1. The number of carboxylic acid groups (broad SMARTS) is 1. The number of hydrogen-bond donors (Lipinski definition) is 1. The lowest BCUT2D eigenvalue weighted by atomic mass is 9.92. The number of ether oxygens (including phenoxy) is 3. The van der Waals surface area contributed by atoms with E-state index < -0.39 is 35.2 Å². The molecule has 0 aliphatic rings. The van der Waals surface area contributed by atoms with Crippen molar-refractivity contribution in [1.29, 1.82) is 5.26 Å². The first kappa shape index (κ1) is 38.3. The van der Waals surface area contributed by atoms with Crippen LogP contribution in [-0.2, 0) is 30.2 Å². The lowest BCUT2D eigenvalue weighted by Gasteiger charge is -2.26. The molecule has 0 saturated heterocycles. The van der Waals surface area contributed by atoms with Crippen LogP contribution in [0.1, 0.15) is 66.0 Å². The zero-order valence-corrected chi connectivity index (χ0v) is 28.0. The smallest absolute Gasteiger partial charge is 0.419 e. The van der Waals surface area contributed by atoms with Crippen LogP contribution < -0.4 is 19.1 Å². The highest BCUT2D eigenvalue weighted by Crippen LogP contribution is 2.44. The highest BCUT2D eigenvalue weighted by Gasteiger charge is 2.36. The molecule has 0 unspecified atom stereocenters. The predicted molar refractivity (Wildman–Crippen MR) is 175 cm³/mol. The average molecular weight is 717 g/mol. The van der Waals surface area contributed by atoms with E-state index in [-0.39, 0.29) is 66.8 Å². The standard InChI is InChI=1S/C36H34F6N4O5/c1-21(2)24-7-8-31(49-3)29(13-24)28-15-32(50-4)30(36(40,41)42)14-25(28)20-46(19-23-10-22(16-43)11-26(12-23)35(37,38)39)34-44-17-27(18-45-34)51-9-5-6-33(47)48/h7-8,10-15,17-18,21H,5-6,9,19-20H2,1-4H3,(H,47,48). The summed E-state index contributed by atoms with van der Waals surface area (Å²) < 4.78 is 101. The predicted octanol–water partition coefficient (Wildman–Crippen LogP) is 8.64. The van der Waals surface area contributed by atoms with Gasteiger partial charge in [-0.25, -0.2) is 9.97 Å². The van der Waals surface area contributed by atoms with Crippen LogP contribution in [-0.4, -0.2) is 41.9 Å². The van der Waals surface area contributed by atoms with Crippen molar-refractivity contribution in [1.82, 2.24) is 9.97 Å². The second-order valence-electron chi connectivity index (χ2n) is 11.8. The zero-order valence-electron chi connectivity index (χ0n) is 28.0. The van der Waals surface area contributed by atoms with E-state index in [1.165, 1.54) is 36.5 Å². The van der Waals surface area contributed by atoms with Crippen molar-refractivity contribution in [2.75, 3.05) is 25.7 Å². The van der Waals surface area contributed by atoms with Gasteiger partial charge in [0.25, 0.3) is 0 Å². The molecule has 0 radical (unpaired) electrons. The molecule has 15 heteroatoms. The Balaban J connectivity index is 1.90. The first-order valence-corrected chi connectivity index (χ1v) is 15.5. The Morgan fingerprint density at radius 2 is 1.59 bits per heavy atom. The Kier molecular flexibility index (Phi) is 12.0. The number of carbonyl (C=O) groups is 1. The fraction of sp³-hybridized carbons (Fsp3) is 0.333. The second-order valence-corrected chi connectivity index (χ2v) is 11.8. The molecule has 0 aliphatic carbocycles. The van der Waals surface area contributed by atoms with Crippen LogP contribution in [0, 0.1) is 11.3 Å². The minimum absolute atomic E-state index is 0.0180. The van der Waals surface area contributed by atoms with Crippen molar-refractivity contribution >= 4 is 11.9 Å². The molecule has 270 valence electrons. The molecule has 0 amide bonds. The Bertz CT molecular complexity index is 1890. The third kappa shape index (κ3) is 9.80. The first-order chi connectivity index (χ1) is 24.0. The molecule has 0 spiro atoms. The van der Waals surface area contributed by atoms with Crippen molar-refractivity contribution in [3.05, 3.63) is 94.3 Å². The van der Waals surface area contributed by atoms with Gasteiger partial charge in [0, 0.05) is 25.1 Å². The number of aliphatic carboxylic acids is 1. The number of carboxylic acids is 1. The van der Waals surface area contributed by atoms with E-state index in [0.717, 1.165) is 24.8 Å². The van der Waals surface area contributed by atoms with Crippen LogP contribution >= 0.6 is 0 Å². The van der Waals surface area contributed by atoms with E-state index in [0.29, 0.717) is 22.9 Å². The molecule has 1 heterocycles. The number of nitrogens with zero attached hydrogens (tertiary/aromatic N) is 4. The molecule has 9 nitrogen and oxygen atoms in total. The Labute approximate surface area is 290 Å². The van der Waals surface area contributed by atoms with E-state index >= 15 is 0 Å². The number of aromatic nitrogens is 2. The van der Waals surface area contributed by atoms with Crippen molar-refractivity contribution < 1.29 is 50.5 Å². The molecule has 0 fully saturated rings. The lowest BCUT2D eigenvalue weighted by molar-refractivity contribution is -0.139. The fourth-order valence-electron chi connectivity index (χ4n) is 5.29. The van der Waals surface area contributed by atoms with Crippen LogP contribution in [0.4, 0.5) is 32.3 Å². The van der Waals surface area contributed by atoms with Crippen molar-refractivity contribution in [2.45, 2.75) is 58.0 Å². The summed E-state index contributed by atoms with van der Waals surface area (Å²) in [6.07, 6.45) is -7.05. The van der Waals surface area contributed by atoms with E-state index in [1.54, 1.807) is 18.2 Å². The van der Waals surface area contributed by atoms with Gasteiger partial charge in [0.05, 0.1) is 56.0 Å². The number of anilines is 1. The molecule has 1 aromatic heterocycles. The number of methoxy groups -OCH3 is 2. The summed E-state index contributed by atoms with van der Waals surface area (Å²) in [5, 5.41) is 18.3. The summed E-state index contributed by atoms with van der Waals surface area (Å²) in [5.74, 6) is -0.987. The Morgan fingerprint density at radius 3 is 2.16 bits per heavy atom. The minimum Gasteiger partial charge on any atom is -0.496 e. The molecule has 1 N–H and O–H groups in total. The van der Waals surface area contributed by atoms with Crippen LogP contribution in [0.25, 0.3) is 11.1 Å². The maximum absolute atomic E-state index is 14.4. The summed E-state index contributed by atoms with van der Waals surface area (Å²) in [4.78, 5) is 20.8. The van der Waals surface area contributed by atoms with E-state index in [9.17, 15) is 36.4 Å². The van der Waals surface area contributed by atoms with Gasteiger partial charge in [0.15, 0.2) is 5.75 Å². The zero-order chi connectivity index (χ0) is 37.5. The summed E-state index contributed by atoms with van der Waals surface area (Å²) >= 11 is 0. The highest BCUT2D eigenvalue weighted by molar-refractivity contribution is 5.77. The van der Waals surface area contributed by atoms with Gasteiger partial charge in [-0.1, -0.05) is 19.9 Å². The van der Waals surface area contributed by atoms with Crippen molar-refractivity contribution in [3.8, 4) is 34.4 Å². The van der Waals surface area contributed by atoms with Gasteiger partial charge >= 0.3 is 18.3 Å². The van der Waals surface area contributed by atoms with Crippen LogP contribution in [0.15, 0.2) is 60.9 Å². The molecule has 0 atom stereocenters. The number of hydrogen-bond acceptors (Lipinski definition) is 8. The normalized spacial score (nSPS) is 11.6. The van der Waals surface area contributed by atoms with Gasteiger partial charge in [0.1, 0.15) is 11.5 Å². The molecule has 51 heavy (non-hydrogen) atoms. The van der Waals surface area contributed by atoms with Gasteiger partial charge in [-0.3, -0.25) is 4.79 Å². The van der Waals surface area contributed by atoms with Crippen LogP contribution in [0.5, 0.6) is 17.2 Å². The summed E-state index contributed by atoms with van der Waals surface area (Å²) in [6, 6.07) is 12.0. The van der Waals surface area contributed by atoms with Gasteiger partial charge in [-0.05, 0) is 77.1 Å². The van der Waals surface area contributed by atoms with E-state index in [1.807, 2.05) is 19.9 Å². The summed E-state index contributed by atoms with van der Waals surface area (Å²) in [5.41, 5.74) is -0.723. The highest BCUT2D eigenvalue weighted by atomic mass is 19.4. The number of rotatable bonds is 14. The molecule has 3 aromatic carbocycles. The Hall–Kier alpha value is -5.52. The van der Waals surface area contributed by atoms with E-state index in [2.05, 4.69) is 9.97 Å². The summed E-state index contributed by atoms with van der Waals surface area (Å²) in [7, 11) is 2.53. The monoisotopic (exact) mass is 716 g/mol. The molecule has 0 aliphatic heterocycles. The molecule has 0 bridgehead atoms. The van der Waals surface area contributed by atoms with Crippen molar-refractivity contribution in [2.24, 2.45) is 0 Å². The number of alkyl halides is 6. The molecular formula is C36H34F6N4O5. The van der Waals surface area contributed by atoms with Crippen LogP contribution in [0.3, 0.4) is 0 Å². The number of halogens is 6. The molecule has 4 rings (SSSR count).